The summed E-state index contributed by atoms with van der Waals surface area (Å²) in [5, 5.41) is 0.714. The second-order valence-corrected chi connectivity index (χ2v) is 3.39. The van der Waals surface area contributed by atoms with Crippen molar-refractivity contribution in [1.82, 2.24) is 4.98 Å². The van der Waals surface area contributed by atoms with E-state index in [0.29, 0.717) is 10.3 Å². The molecule has 1 aromatic heterocycles. The van der Waals surface area contributed by atoms with Crippen LogP contribution in [0.15, 0.2) is 17.0 Å². The maximum atomic E-state index is 5.56. The topological polar surface area (TPSA) is 12.9 Å². The van der Waals surface area contributed by atoms with Gasteiger partial charge in [-0.1, -0.05) is 23.2 Å². The van der Waals surface area contributed by atoms with Gasteiger partial charge in [0.25, 0.3) is 0 Å². The monoisotopic (exact) mass is 213 g/mol. The van der Waals surface area contributed by atoms with E-state index in [-0.39, 0.29) is 0 Å². The Balaban J connectivity index is 3.06. The number of rotatable bonds is 1. The van der Waals surface area contributed by atoms with Gasteiger partial charge in [0, 0.05) is 4.90 Å². The van der Waals surface area contributed by atoms with Crippen LogP contribution in [-0.2, 0) is 0 Å². The fraction of sp³-hybridized carbons (Fsp3) is 0. The minimum Gasteiger partial charge on any atom is -0.224 e. The van der Waals surface area contributed by atoms with Crippen LogP contribution in [0, 0.1) is 0 Å². The van der Waals surface area contributed by atoms with Crippen LogP contribution < -0.4 is 0 Å². The molecule has 0 amide bonds. The molecule has 0 saturated heterocycles. The minimum atomic E-state index is 0.357. The average molecular weight is 215 g/mol. The van der Waals surface area contributed by atoms with E-state index >= 15 is 0 Å². The standard InChI is InChI=1S/C5H2Cl3NS/c6-4-1-3(10-8)2-5(7)9-4/h1-2H. The molecule has 0 unspecified atom stereocenters. The normalized spacial score (nSPS) is 9.90. The van der Waals surface area contributed by atoms with E-state index in [1.54, 1.807) is 12.1 Å². The molecule has 0 aliphatic heterocycles. The zero-order valence-corrected chi connectivity index (χ0v) is 7.73. The summed E-state index contributed by atoms with van der Waals surface area (Å²) in [6.45, 7) is 0. The summed E-state index contributed by atoms with van der Waals surface area (Å²) in [6, 6.07) is 3.29. The van der Waals surface area contributed by atoms with E-state index in [1.165, 1.54) is 0 Å². The van der Waals surface area contributed by atoms with Gasteiger partial charge in [0.15, 0.2) is 0 Å². The van der Waals surface area contributed by atoms with Gasteiger partial charge >= 0.3 is 0 Å². The SMILES string of the molecule is ClSc1cc(Cl)nc(Cl)c1. The van der Waals surface area contributed by atoms with Gasteiger partial charge in [0.05, 0.1) is 0 Å². The number of hydrogen-bond donors (Lipinski definition) is 0. The molecule has 0 spiro atoms. The van der Waals surface area contributed by atoms with Crippen molar-refractivity contribution in [1.29, 1.82) is 0 Å². The second kappa shape index (κ2) is 3.67. The fourth-order valence-electron chi connectivity index (χ4n) is 0.488. The maximum Gasteiger partial charge on any atom is 0.131 e. The third-order valence-electron chi connectivity index (χ3n) is 0.825. The smallest absolute Gasteiger partial charge is 0.131 e. The van der Waals surface area contributed by atoms with Gasteiger partial charge in [-0.3, -0.25) is 0 Å². The van der Waals surface area contributed by atoms with Crippen molar-refractivity contribution in [2.75, 3.05) is 0 Å². The number of pyridine rings is 1. The number of hydrogen-bond acceptors (Lipinski definition) is 2. The molecule has 0 N–H and O–H groups in total. The van der Waals surface area contributed by atoms with Crippen molar-refractivity contribution in [2.24, 2.45) is 0 Å². The molecule has 0 bridgehead atoms. The first-order chi connectivity index (χ1) is 4.72. The first-order valence-electron chi connectivity index (χ1n) is 2.34. The lowest BCUT2D eigenvalue weighted by atomic mass is 10.5. The van der Waals surface area contributed by atoms with Crippen molar-refractivity contribution in [3.63, 3.8) is 0 Å². The molecule has 10 heavy (non-hydrogen) atoms. The van der Waals surface area contributed by atoms with Gasteiger partial charge in [-0.15, -0.1) is 0 Å². The summed E-state index contributed by atoms with van der Waals surface area (Å²) in [7, 11) is 6.50. The molecular formula is C5H2Cl3NS. The molecule has 0 radical (unpaired) electrons. The molecule has 5 heteroatoms. The van der Waals surface area contributed by atoms with E-state index < -0.39 is 0 Å². The van der Waals surface area contributed by atoms with E-state index in [9.17, 15) is 0 Å². The minimum absolute atomic E-state index is 0.357. The predicted molar refractivity (Wildman–Crippen MR) is 46.0 cm³/mol. The first-order valence-corrected chi connectivity index (χ1v) is 4.74. The molecule has 0 fully saturated rings. The van der Waals surface area contributed by atoms with Gasteiger partial charge in [-0.2, -0.15) is 0 Å². The Labute approximate surface area is 77.2 Å². The van der Waals surface area contributed by atoms with Crippen LogP contribution in [0.3, 0.4) is 0 Å². The number of aromatic nitrogens is 1. The van der Waals surface area contributed by atoms with Crippen LogP contribution in [0.2, 0.25) is 10.3 Å². The molecule has 1 rings (SSSR count). The predicted octanol–water partition coefficient (Wildman–Crippen LogP) is 3.63. The summed E-state index contributed by atoms with van der Waals surface area (Å²) in [4.78, 5) is 4.54. The van der Waals surface area contributed by atoms with Crippen LogP contribution in [0.25, 0.3) is 0 Å². The lowest BCUT2D eigenvalue weighted by molar-refractivity contribution is 1.27. The Hall–Kier alpha value is 0.370. The van der Waals surface area contributed by atoms with Gasteiger partial charge < -0.3 is 0 Å². The molecule has 0 saturated carbocycles. The Bertz CT molecular complexity index is 220. The van der Waals surface area contributed by atoms with Gasteiger partial charge in [-0.25, -0.2) is 4.98 Å². The van der Waals surface area contributed by atoms with Crippen LogP contribution in [0.1, 0.15) is 0 Å². The third-order valence-corrected chi connectivity index (χ3v) is 2.16. The molecule has 0 aliphatic carbocycles. The Morgan fingerprint density at radius 2 is 1.70 bits per heavy atom. The van der Waals surface area contributed by atoms with Gasteiger partial charge in [0.1, 0.15) is 10.3 Å². The van der Waals surface area contributed by atoms with Crippen molar-refractivity contribution < 1.29 is 0 Å². The van der Waals surface area contributed by atoms with Crippen LogP contribution in [0.4, 0.5) is 0 Å². The van der Waals surface area contributed by atoms with Gasteiger partial charge in [0.2, 0.25) is 0 Å². The van der Waals surface area contributed by atoms with E-state index in [0.717, 1.165) is 15.9 Å². The highest BCUT2D eigenvalue weighted by molar-refractivity contribution is 8.21. The van der Waals surface area contributed by atoms with Crippen molar-refractivity contribution in [3.8, 4) is 0 Å². The average Bonchev–Trinajstić information content (AvgIpc) is 1.85. The molecule has 1 heterocycles. The summed E-state index contributed by atoms with van der Waals surface area (Å²) in [5.41, 5.74) is 0. The second-order valence-electron chi connectivity index (χ2n) is 1.53. The summed E-state index contributed by atoms with van der Waals surface area (Å²) in [6.07, 6.45) is 0. The largest absolute Gasteiger partial charge is 0.224 e. The number of halogens is 3. The summed E-state index contributed by atoms with van der Waals surface area (Å²) < 4.78 is 0. The van der Waals surface area contributed by atoms with Gasteiger partial charge in [-0.05, 0) is 33.8 Å². The first kappa shape index (κ1) is 8.47. The Morgan fingerprint density at radius 1 is 1.20 bits per heavy atom. The molecule has 1 aromatic rings. The fourth-order valence-corrected chi connectivity index (χ4v) is 1.66. The highest BCUT2D eigenvalue weighted by Gasteiger charge is 1.97. The molecular weight excluding hydrogens is 212 g/mol. The molecule has 0 aliphatic rings. The highest BCUT2D eigenvalue weighted by Crippen LogP contribution is 2.26. The van der Waals surface area contributed by atoms with Crippen LogP contribution in [0.5, 0.6) is 0 Å². The summed E-state index contributed by atoms with van der Waals surface area (Å²) >= 11 is 11.1. The molecule has 0 aromatic carbocycles. The highest BCUT2D eigenvalue weighted by atomic mass is 35.7. The van der Waals surface area contributed by atoms with Crippen LogP contribution >= 0.6 is 44.9 Å². The summed E-state index contributed by atoms with van der Waals surface area (Å²) in [5.74, 6) is 0. The number of nitrogens with zero attached hydrogens (tertiary/aromatic N) is 1. The lowest BCUT2D eigenvalue weighted by Gasteiger charge is -1.94. The van der Waals surface area contributed by atoms with Crippen molar-refractivity contribution >= 4 is 44.9 Å². The van der Waals surface area contributed by atoms with E-state index in [1.807, 2.05) is 0 Å². The van der Waals surface area contributed by atoms with Crippen LogP contribution in [-0.4, -0.2) is 4.98 Å². The molecule has 1 nitrogen and oxygen atoms in total. The van der Waals surface area contributed by atoms with Crippen molar-refractivity contribution in [3.05, 3.63) is 22.4 Å². The Morgan fingerprint density at radius 3 is 2.10 bits per heavy atom. The molecule has 54 valence electrons. The Kier molecular flexibility index (Phi) is 3.11. The zero-order chi connectivity index (χ0) is 7.56. The third kappa shape index (κ3) is 2.20. The van der Waals surface area contributed by atoms with E-state index in [2.05, 4.69) is 4.98 Å². The quantitative estimate of drug-likeness (QED) is 0.662. The van der Waals surface area contributed by atoms with E-state index in [4.69, 9.17) is 33.9 Å². The lowest BCUT2D eigenvalue weighted by Crippen LogP contribution is -1.76. The van der Waals surface area contributed by atoms with Crippen molar-refractivity contribution in [2.45, 2.75) is 4.90 Å². The maximum absolute atomic E-state index is 5.56. The molecule has 0 atom stereocenters. The zero-order valence-electron chi connectivity index (χ0n) is 4.64.